The summed E-state index contributed by atoms with van der Waals surface area (Å²) in [7, 11) is 3.11. The van der Waals surface area contributed by atoms with Crippen LogP contribution in [-0.2, 0) is 9.53 Å². The largest absolute Gasteiger partial charge is 0.497 e. The van der Waals surface area contributed by atoms with E-state index >= 15 is 0 Å². The molecule has 2 heterocycles. The van der Waals surface area contributed by atoms with Crippen LogP contribution in [-0.4, -0.2) is 68.8 Å². The summed E-state index contributed by atoms with van der Waals surface area (Å²) in [5.41, 5.74) is 6.11. The highest BCUT2D eigenvalue weighted by molar-refractivity contribution is 5.97. The fourth-order valence-corrected chi connectivity index (χ4v) is 3.74. The van der Waals surface area contributed by atoms with Gasteiger partial charge in [-0.25, -0.2) is 0 Å². The van der Waals surface area contributed by atoms with Crippen LogP contribution in [0, 0.1) is 0 Å². The van der Waals surface area contributed by atoms with Gasteiger partial charge in [-0.05, 0) is 37.8 Å². The highest BCUT2D eigenvalue weighted by atomic mass is 35.5. The molecule has 0 bridgehead atoms. The second kappa shape index (κ2) is 10.7. The number of halogens is 1. The number of hydrogen-bond donors (Lipinski definition) is 2. The lowest BCUT2D eigenvalue weighted by Crippen LogP contribution is -2.49. The Kier molecular flexibility index (Phi) is 8.55. The molecule has 2 saturated heterocycles. The molecule has 2 atom stereocenters. The van der Waals surface area contributed by atoms with E-state index in [9.17, 15) is 9.59 Å². The van der Waals surface area contributed by atoms with E-state index in [1.807, 2.05) is 0 Å². The molecule has 2 amide bonds. The van der Waals surface area contributed by atoms with Crippen LogP contribution in [0.2, 0.25) is 0 Å². The fraction of sp³-hybridized carbons (Fsp3) is 0.600. The predicted molar refractivity (Wildman–Crippen MR) is 111 cm³/mol. The van der Waals surface area contributed by atoms with Crippen molar-refractivity contribution in [3.8, 4) is 11.5 Å². The highest BCUT2D eigenvalue weighted by Gasteiger charge is 2.32. The minimum Gasteiger partial charge on any atom is -0.497 e. The molecule has 2 aliphatic rings. The zero-order chi connectivity index (χ0) is 20.1. The Morgan fingerprint density at radius 3 is 2.48 bits per heavy atom. The van der Waals surface area contributed by atoms with Gasteiger partial charge in [-0.1, -0.05) is 0 Å². The van der Waals surface area contributed by atoms with Crippen molar-refractivity contribution in [2.75, 3.05) is 33.9 Å². The van der Waals surface area contributed by atoms with Crippen LogP contribution < -0.4 is 20.5 Å². The van der Waals surface area contributed by atoms with E-state index in [2.05, 4.69) is 5.32 Å². The standard InChI is InChI=1S/C20H29N3O5.ClH/c1-26-14-3-5-16(18(11-14)27-2)20(25)23-9-7-13(8-10-23)22-19(24)17-6-4-15(12-21)28-17;/h3,5,11,13,15,17H,4,6-10,12,21H2,1-2H3,(H,22,24);1H/t15-,17+;/m1./s1. The second-order valence-electron chi connectivity index (χ2n) is 7.20. The van der Waals surface area contributed by atoms with Crippen molar-refractivity contribution in [1.29, 1.82) is 0 Å². The number of nitrogens with one attached hydrogen (secondary N) is 1. The van der Waals surface area contributed by atoms with Gasteiger partial charge in [0, 0.05) is 31.7 Å². The zero-order valence-corrected chi connectivity index (χ0v) is 17.7. The first kappa shape index (κ1) is 23.3. The van der Waals surface area contributed by atoms with E-state index in [-0.39, 0.29) is 36.4 Å². The van der Waals surface area contributed by atoms with Gasteiger partial charge in [0.2, 0.25) is 5.91 Å². The Morgan fingerprint density at radius 1 is 1.17 bits per heavy atom. The molecule has 8 nitrogen and oxygen atoms in total. The number of likely N-dealkylation sites (tertiary alicyclic amines) is 1. The van der Waals surface area contributed by atoms with E-state index in [4.69, 9.17) is 19.9 Å². The van der Waals surface area contributed by atoms with E-state index in [0.717, 1.165) is 6.42 Å². The van der Waals surface area contributed by atoms with E-state index in [1.165, 1.54) is 7.11 Å². The molecule has 1 aromatic rings. The van der Waals surface area contributed by atoms with E-state index in [1.54, 1.807) is 30.2 Å². The number of carbonyl (C=O) groups excluding carboxylic acids is 2. The molecule has 3 N–H and O–H groups in total. The van der Waals surface area contributed by atoms with Crippen LogP contribution in [0.5, 0.6) is 11.5 Å². The third kappa shape index (κ3) is 5.52. The summed E-state index contributed by atoms with van der Waals surface area (Å²) in [6.45, 7) is 1.60. The molecule has 1 aromatic carbocycles. The lowest BCUT2D eigenvalue weighted by molar-refractivity contribution is -0.132. The van der Waals surface area contributed by atoms with Crippen LogP contribution in [0.4, 0.5) is 0 Å². The van der Waals surface area contributed by atoms with Gasteiger partial charge in [0.1, 0.15) is 17.6 Å². The number of amides is 2. The quantitative estimate of drug-likeness (QED) is 0.710. The van der Waals surface area contributed by atoms with Gasteiger partial charge in [-0.15, -0.1) is 12.4 Å². The van der Waals surface area contributed by atoms with Crippen LogP contribution in [0.25, 0.3) is 0 Å². The average Bonchev–Trinajstić information content (AvgIpc) is 3.23. The summed E-state index contributed by atoms with van der Waals surface area (Å²) >= 11 is 0. The van der Waals surface area contributed by atoms with Gasteiger partial charge in [-0.3, -0.25) is 9.59 Å². The first-order chi connectivity index (χ1) is 13.5. The van der Waals surface area contributed by atoms with Crippen molar-refractivity contribution in [2.45, 2.75) is 43.9 Å². The van der Waals surface area contributed by atoms with Gasteiger partial charge in [0.15, 0.2) is 0 Å². The minimum atomic E-state index is -0.406. The Morgan fingerprint density at radius 2 is 1.90 bits per heavy atom. The number of carbonyl (C=O) groups is 2. The number of ether oxygens (including phenoxy) is 3. The van der Waals surface area contributed by atoms with Gasteiger partial charge < -0.3 is 30.2 Å². The number of rotatable bonds is 6. The Hall–Kier alpha value is -2.03. The summed E-state index contributed by atoms with van der Waals surface area (Å²) in [6.07, 6.45) is 2.53. The van der Waals surface area contributed by atoms with Crippen molar-refractivity contribution in [3.63, 3.8) is 0 Å². The van der Waals surface area contributed by atoms with Crippen molar-refractivity contribution in [3.05, 3.63) is 23.8 Å². The number of piperidine rings is 1. The molecule has 0 aromatic heterocycles. The Labute approximate surface area is 177 Å². The molecule has 2 aliphatic heterocycles. The summed E-state index contributed by atoms with van der Waals surface area (Å²) in [4.78, 5) is 27.0. The second-order valence-corrected chi connectivity index (χ2v) is 7.20. The van der Waals surface area contributed by atoms with Gasteiger partial charge in [0.25, 0.3) is 5.91 Å². The number of methoxy groups -OCH3 is 2. The smallest absolute Gasteiger partial charge is 0.257 e. The topological polar surface area (TPSA) is 103 Å². The van der Waals surface area contributed by atoms with Gasteiger partial charge in [-0.2, -0.15) is 0 Å². The summed E-state index contributed by atoms with van der Waals surface area (Å²) in [5, 5.41) is 3.06. The zero-order valence-electron chi connectivity index (χ0n) is 16.9. The first-order valence-electron chi connectivity index (χ1n) is 9.73. The van der Waals surface area contributed by atoms with E-state index < -0.39 is 6.10 Å². The lowest BCUT2D eigenvalue weighted by atomic mass is 10.0. The minimum absolute atomic E-state index is 0. The molecule has 9 heteroatoms. The summed E-state index contributed by atoms with van der Waals surface area (Å²) in [6, 6.07) is 5.23. The monoisotopic (exact) mass is 427 g/mol. The molecular weight excluding hydrogens is 398 g/mol. The van der Waals surface area contributed by atoms with Crippen molar-refractivity contribution in [2.24, 2.45) is 5.73 Å². The maximum Gasteiger partial charge on any atom is 0.257 e. The molecule has 2 fully saturated rings. The van der Waals surface area contributed by atoms with E-state index in [0.29, 0.717) is 56.0 Å². The first-order valence-corrected chi connectivity index (χ1v) is 9.73. The van der Waals surface area contributed by atoms with Crippen molar-refractivity contribution in [1.82, 2.24) is 10.2 Å². The molecule has 0 aliphatic carbocycles. The molecular formula is C20H30ClN3O5. The fourth-order valence-electron chi connectivity index (χ4n) is 3.74. The number of nitrogens with two attached hydrogens (primary N) is 1. The third-order valence-corrected chi connectivity index (χ3v) is 5.43. The average molecular weight is 428 g/mol. The number of hydrogen-bond acceptors (Lipinski definition) is 6. The number of nitrogens with zero attached hydrogens (tertiary/aromatic N) is 1. The Balaban J connectivity index is 0.00000300. The summed E-state index contributed by atoms with van der Waals surface area (Å²) < 4.78 is 16.2. The Bertz CT molecular complexity index is 709. The normalized spacial score (nSPS) is 22.0. The maximum atomic E-state index is 12.9. The molecule has 0 unspecified atom stereocenters. The van der Waals surface area contributed by atoms with Gasteiger partial charge in [0.05, 0.1) is 25.9 Å². The van der Waals surface area contributed by atoms with Crippen LogP contribution in [0.3, 0.4) is 0 Å². The van der Waals surface area contributed by atoms with Crippen molar-refractivity contribution < 1.29 is 23.8 Å². The molecule has 0 saturated carbocycles. The SMILES string of the molecule is COc1ccc(C(=O)N2CCC(NC(=O)[C@@H]3CC[C@H](CN)O3)CC2)c(OC)c1.Cl. The molecule has 0 spiro atoms. The third-order valence-electron chi connectivity index (χ3n) is 5.43. The molecule has 162 valence electrons. The molecule has 3 rings (SSSR count). The molecule has 0 radical (unpaired) electrons. The van der Waals surface area contributed by atoms with Crippen molar-refractivity contribution >= 4 is 24.2 Å². The van der Waals surface area contributed by atoms with Crippen LogP contribution >= 0.6 is 12.4 Å². The predicted octanol–water partition coefficient (Wildman–Crippen LogP) is 1.35. The van der Waals surface area contributed by atoms with Crippen LogP contribution in [0.1, 0.15) is 36.0 Å². The molecule has 29 heavy (non-hydrogen) atoms. The lowest BCUT2D eigenvalue weighted by Gasteiger charge is -2.33. The maximum absolute atomic E-state index is 12.9. The van der Waals surface area contributed by atoms with Crippen LogP contribution in [0.15, 0.2) is 18.2 Å². The highest BCUT2D eigenvalue weighted by Crippen LogP contribution is 2.27. The van der Waals surface area contributed by atoms with Gasteiger partial charge >= 0.3 is 0 Å². The number of benzene rings is 1. The summed E-state index contributed by atoms with van der Waals surface area (Å²) in [5.74, 6) is 0.986.